The molecule has 0 unspecified atom stereocenters. The van der Waals surface area contributed by atoms with Gasteiger partial charge in [0.15, 0.2) is 17.2 Å². The van der Waals surface area contributed by atoms with Crippen molar-refractivity contribution >= 4 is 39.1 Å². The smallest absolute Gasteiger partial charge is 0.349 e. The largest absolute Gasteiger partial charge is 0.486 e. The van der Waals surface area contributed by atoms with Gasteiger partial charge in [0.1, 0.15) is 11.5 Å². The van der Waals surface area contributed by atoms with Crippen LogP contribution in [0.2, 0.25) is 10.0 Å². The molecule has 6 rings (SSSR count). The lowest BCUT2D eigenvalue weighted by atomic mass is 10.2. The van der Waals surface area contributed by atoms with Crippen LogP contribution in [0.1, 0.15) is 43.4 Å². The molecule has 13 nitrogen and oxygen atoms in total. The van der Waals surface area contributed by atoms with Gasteiger partial charge in [-0.2, -0.15) is 9.78 Å². The van der Waals surface area contributed by atoms with Crippen LogP contribution in [0.3, 0.4) is 0 Å². The molecule has 2 fully saturated rings. The number of hydrogen-bond donors (Lipinski definition) is 3. The number of hydrogen-bond acceptors (Lipinski definition) is 9. The zero-order valence-electron chi connectivity index (χ0n) is 24.7. The van der Waals surface area contributed by atoms with Gasteiger partial charge >= 0.3 is 5.69 Å². The zero-order valence-corrected chi connectivity index (χ0v) is 27.0. The molecule has 18 heteroatoms. The molecule has 2 saturated carbocycles. The molecule has 2 heterocycles. The molecule has 1 amide bonds. The number of carbonyl (C=O) groups excluding carboxylic acids is 1. The second-order valence-corrected chi connectivity index (χ2v) is 13.8. The normalized spacial score (nSPS) is 15.3. The maximum atomic E-state index is 13.8. The molecule has 0 atom stereocenters. The molecule has 4 aromatic rings. The summed E-state index contributed by atoms with van der Waals surface area (Å²) in [6.45, 7) is 0.151. The van der Waals surface area contributed by atoms with Crippen LogP contribution in [-0.4, -0.2) is 46.2 Å². The molecule has 2 aromatic heterocycles. The van der Waals surface area contributed by atoms with Gasteiger partial charge in [0.25, 0.3) is 12.0 Å². The van der Waals surface area contributed by atoms with Crippen LogP contribution in [0.25, 0.3) is 5.69 Å². The number of nitrogens with zero attached hydrogens (tertiary/aromatic N) is 3. The highest BCUT2D eigenvalue weighted by Crippen LogP contribution is 2.41. The first kappa shape index (κ1) is 33.5. The van der Waals surface area contributed by atoms with Crippen LogP contribution in [0, 0.1) is 5.92 Å². The summed E-state index contributed by atoms with van der Waals surface area (Å²) in [6.07, 6.45) is 0.533. The third kappa shape index (κ3) is 7.51. The minimum absolute atomic E-state index is 0.0262. The molecular formula is C30H26Cl2F2N6O7S. The van der Waals surface area contributed by atoms with E-state index in [4.69, 9.17) is 32.7 Å². The summed E-state index contributed by atoms with van der Waals surface area (Å²) < 4.78 is 69.0. The third-order valence-electron chi connectivity index (χ3n) is 7.58. The fraction of sp³-hybridized carbons (Fsp3) is 0.300. The summed E-state index contributed by atoms with van der Waals surface area (Å²) in [6, 6.07) is 12.4. The maximum Gasteiger partial charge on any atom is 0.349 e. The van der Waals surface area contributed by atoms with E-state index in [1.165, 1.54) is 0 Å². The van der Waals surface area contributed by atoms with Crippen LogP contribution >= 0.6 is 23.2 Å². The number of carbonyl (C=O) groups is 1. The van der Waals surface area contributed by atoms with Crippen molar-refractivity contribution in [3.8, 4) is 23.1 Å². The lowest BCUT2D eigenvalue weighted by molar-refractivity contribution is -0.122. The molecule has 0 bridgehead atoms. The SMILES string of the molecule is O=C(NCC1(NS(=O)(=O)c2cc(Oc3c(Cl)cc(-n4nc(C(F)F)c(=O)[nH]c4=O)cc3Cl)ncc2OCc2ccccc2)CC1)C1CC1. The number of benzene rings is 2. The molecule has 0 aliphatic heterocycles. The number of rotatable bonds is 13. The van der Waals surface area contributed by atoms with Crippen molar-refractivity contribution in [2.45, 2.75) is 49.2 Å². The summed E-state index contributed by atoms with van der Waals surface area (Å²) in [5, 5.41) is 5.79. The molecule has 0 radical (unpaired) electrons. The first-order valence-corrected chi connectivity index (χ1v) is 16.8. The van der Waals surface area contributed by atoms with E-state index in [0.717, 1.165) is 42.8 Å². The van der Waals surface area contributed by atoms with Gasteiger partial charge in [0.05, 0.1) is 27.5 Å². The predicted molar refractivity (Wildman–Crippen MR) is 169 cm³/mol. The Balaban J connectivity index is 1.29. The van der Waals surface area contributed by atoms with Gasteiger partial charge in [-0.05, 0) is 43.4 Å². The van der Waals surface area contributed by atoms with E-state index in [1.54, 1.807) is 29.2 Å². The molecule has 2 aliphatic rings. The average molecular weight is 724 g/mol. The average Bonchev–Trinajstić information content (AvgIpc) is 3.98. The molecule has 252 valence electrons. The van der Waals surface area contributed by atoms with Crippen LogP contribution < -0.4 is 30.8 Å². The van der Waals surface area contributed by atoms with E-state index in [-0.39, 0.29) is 63.0 Å². The van der Waals surface area contributed by atoms with Crippen LogP contribution in [0.15, 0.2) is 69.2 Å². The molecule has 2 aromatic carbocycles. The summed E-state index contributed by atoms with van der Waals surface area (Å²) >= 11 is 12.8. The third-order valence-corrected chi connectivity index (χ3v) is 9.74. The van der Waals surface area contributed by atoms with Gasteiger partial charge in [-0.25, -0.2) is 31.7 Å². The van der Waals surface area contributed by atoms with Crippen molar-refractivity contribution in [2.24, 2.45) is 5.92 Å². The molecular weight excluding hydrogens is 697 g/mol. The minimum Gasteiger partial charge on any atom is -0.486 e. The second-order valence-electron chi connectivity index (χ2n) is 11.3. The first-order chi connectivity index (χ1) is 22.8. The van der Waals surface area contributed by atoms with Gasteiger partial charge in [0, 0.05) is 18.5 Å². The first-order valence-electron chi connectivity index (χ1n) is 14.5. The van der Waals surface area contributed by atoms with E-state index in [1.807, 2.05) is 6.07 Å². The number of aromatic amines is 1. The molecule has 2 aliphatic carbocycles. The Morgan fingerprint density at radius 3 is 2.42 bits per heavy atom. The quantitative estimate of drug-likeness (QED) is 0.182. The van der Waals surface area contributed by atoms with Gasteiger partial charge in [0.2, 0.25) is 21.8 Å². The number of ether oxygens (including phenoxy) is 2. The van der Waals surface area contributed by atoms with E-state index < -0.39 is 38.9 Å². The summed E-state index contributed by atoms with van der Waals surface area (Å²) in [5.74, 6) is -0.695. The lowest BCUT2D eigenvalue weighted by Gasteiger charge is -2.20. The lowest BCUT2D eigenvalue weighted by Crippen LogP contribution is -2.46. The van der Waals surface area contributed by atoms with Crippen LogP contribution in [-0.2, 0) is 21.4 Å². The van der Waals surface area contributed by atoms with Gasteiger partial charge in [-0.1, -0.05) is 53.5 Å². The van der Waals surface area contributed by atoms with E-state index in [2.05, 4.69) is 20.1 Å². The minimum atomic E-state index is -4.29. The monoisotopic (exact) mass is 722 g/mol. The Kier molecular flexibility index (Phi) is 9.26. The standard InChI is InChI=1S/C30H26Cl2F2N6O7S/c31-19-10-18(40-29(43)37-28(42)24(38-40)26(33)34)11-20(32)25(19)47-23-12-22(21(13-35-23)46-14-16-4-2-1-3-5-16)48(44,45)39-30(8-9-30)15-36-27(41)17-6-7-17/h1-5,10-13,17,26,39H,6-9,14-15H2,(H,36,41)(H,37,42,43). The topological polar surface area (TPSA) is 174 Å². The number of nitrogens with one attached hydrogen (secondary N) is 3. The van der Waals surface area contributed by atoms with E-state index >= 15 is 0 Å². The van der Waals surface area contributed by atoms with Gasteiger partial charge in [-0.3, -0.25) is 14.6 Å². The number of amides is 1. The Morgan fingerprint density at radius 2 is 1.79 bits per heavy atom. The second kappa shape index (κ2) is 13.3. The number of pyridine rings is 1. The highest BCUT2D eigenvalue weighted by atomic mass is 35.5. The van der Waals surface area contributed by atoms with E-state index in [9.17, 15) is 31.6 Å². The van der Waals surface area contributed by atoms with E-state index in [0.29, 0.717) is 17.5 Å². The fourth-order valence-electron chi connectivity index (χ4n) is 4.67. The highest BCUT2D eigenvalue weighted by molar-refractivity contribution is 7.89. The Labute approximate surface area is 281 Å². The van der Waals surface area contributed by atoms with Crippen molar-refractivity contribution in [1.82, 2.24) is 29.8 Å². The molecule has 0 saturated heterocycles. The fourth-order valence-corrected chi connectivity index (χ4v) is 6.81. The Bertz CT molecular complexity index is 2080. The van der Waals surface area contributed by atoms with Crippen molar-refractivity contribution in [2.75, 3.05) is 6.54 Å². The van der Waals surface area contributed by atoms with Gasteiger partial charge in [-0.15, -0.1) is 0 Å². The van der Waals surface area contributed by atoms with Crippen LogP contribution in [0.4, 0.5) is 8.78 Å². The number of sulfonamides is 1. The number of alkyl halides is 2. The number of aromatic nitrogens is 4. The molecule has 3 N–H and O–H groups in total. The van der Waals surface area contributed by atoms with Crippen molar-refractivity contribution in [3.63, 3.8) is 0 Å². The Hall–Kier alpha value is -4.38. The number of halogens is 4. The highest BCUT2D eigenvalue weighted by Gasteiger charge is 2.47. The summed E-state index contributed by atoms with van der Waals surface area (Å²) in [7, 11) is -4.29. The Morgan fingerprint density at radius 1 is 1.10 bits per heavy atom. The van der Waals surface area contributed by atoms with Gasteiger partial charge < -0.3 is 14.8 Å². The summed E-state index contributed by atoms with van der Waals surface area (Å²) in [5.41, 5.74) is -3.94. The zero-order chi connectivity index (χ0) is 34.2. The summed E-state index contributed by atoms with van der Waals surface area (Å²) in [4.78, 5) is 41.8. The van der Waals surface area contributed by atoms with Crippen molar-refractivity contribution < 1.29 is 31.5 Å². The maximum absolute atomic E-state index is 13.8. The number of H-pyrrole nitrogens is 1. The van der Waals surface area contributed by atoms with Crippen LogP contribution in [0.5, 0.6) is 17.4 Å². The molecule has 48 heavy (non-hydrogen) atoms. The van der Waals surface area contributed by atoms with Crippen molar-refractivity contribution in [1.29, 1.82) is 0 Å². The molecule has 0 spiro atoms. The van der Waals surface area contributed by atoms with Crippen molar-refractivity contribution in [3.05, 3.63) is 96.9 Å². The predicted octanol–water partition coefficient (Wildman–Crippen LogP) is 4.27.